The fourth-order valence-electron chi connectivity index (χ4n) is 4.00. The number of amides is 3. The van der Waals surface area contributed by atoms with Gasteiger partial charge in [0.15, 0.2) is 11.5 Å². The second-order valence-corrected chi connectivity index (χ2v) is 10.4. The van der Waals surface area contributed by atoms with Crippen molar-refractivity contribution in [2.75, 3.05) is 13.7 Å². The normalized spacial score (nSPS) is 13.9. The highest BCUT2D eigenvalue weighted by Crippen LogP contribution is 2.36. The number of carbonyl (C=O) groups excluding carboxylic acids is 3. The molecule has 2 aromatic carbocycles. The lowest BCUT2D eigenvalue weighted by Gasteiger charge is -2.17. The van der Waals surface area contributed by atoms with E-state index in [0.29, 0.717) is 36.7 Å². The summed E-state index contributed by atoms with van der Waals surface area (Å²) in [6.45, 7) is 6.27. The predicted octanol–water partition coefficient (Wildman–Crippen LogP) is 6.39. The highest BCUT2D eigenvalue weighted by molar-refractivity contribution is 9.11. The van der Waals surface area contributed by atoms with Gasteiger partial charge in [-0.25, -0.2) is 9.59 Å². The van der Waals surface area contributed by atoms with Gasteiger partial charge in [-0.2, -0.15) is 0 Å². The molecule has 2 heterocycles. The SMILES string of the molecule is C=CCc1cc(/C=C2\NC(=O)N(Cc3ccc(C(=O)OC)o3)C2=O)cc(OCC)c1OCc1ccc(Br)cc1Br. The Hall–Kier alpha value is -3.83. The first-order valence-electron chi connectivity index (χ1n) is 12.2. The van der Waals surface area contributed by atoms with E-state index in [1.165, 1.54) is 19.2 Å². The lowest BCUT2D eigenvalue weighted by molar-refractivity contribution is -0.123. The summed E-state index contributed by atoms with van der Waals surface area (Å²) in [5.74, 6) is 0.123. The second kappa shape index (κ2) is 13.0. The van der Waals surface area contributed by atoms with E-state index < -0.39 is 17.9 Å². The largest absolute Gasteiger partial charge is 0.490 e. The molecule has 11 heteroatoms. The van der Waals surface area contributed by atoms with E-state index in [1.807, 2.05) is 31.2 Å². The number of hydrogen-bond donors (Lipinski definition) is 1. The Morgan fingerprint density at radius 1 is 1.10 bits per heavy atom. The van der Waals surface area contributed by atoms with Crippen LogP contribution in [0, 0.1) is 0 Å². The van der Waals surface area contributed by atoms with Gasteiger partial charge in [-0.05, 0) is 61.4 Å². The molecular formula is C29H26Br2N2O7. The number of methoxy groups -OCH3 is 1. The molecule has 1 fully saturated rings. The molecule has 1 aromatic heterocycles. The van der Waals surface area contributed by atoms with Gasteiger partial charge < -0.3 is 23.9 Å². The maximum absolute atomic E-state index is 13.1. The molecule has 0 bridgehead atoms. The Balaban J connectivity index is 1.59. The summed E-state index contributed by atoms with van der Waals surface area (Å²) in [6.07, 6.45) is 3.81. The lowest BCUT2D eigenvalue weighted by Crippen LogP contribution is -2.30. The first kappa shape index (κ1) is 29.2. The molecule has 0 atom stereocenters. The van der Waals surface area contributed by atoms with E-state index in [1.54, 1.807) is 18.2 Å². The minimum atomic E-state index is -0.652. The average Bonchev–Trinajstić information content (AvgIpc) is 3.49. The number of nitrogens with zero attached hydrogens (tertiary/aromatic N) is 1. The molecule has 0 spiro atoms. The zero-order valence-electron chi connectivity index (χ0n) is 21.8. The van der Waals surface area contributed by atoms with Crippen LogP contribution in [-0.4, -0.2) is 36.5 Å². The zero-order valence-corrected chi connectivity index (χ0v) is 25.0. The van der Waals surface area contributed by atoms with Gasteiger partial charge in [0.2, 0.25) is 5.76 Å². The number of ether oxygens (including phenoxy) is 3. The van der Waals surface area contributed by atoms with Crippen LogP contribution in [0.5, 0.6) is 11.5 Å². The quantitative estimate of drug-likeness (QED) is 0.109. The topological polar surface area (TPSA) is 107 Å². The minimum Gasteiger partial charge on any atom is -0.490 e. The Morgan fingerprint density at radius 2 is 1.90 bits per heavy atom. The predicted molar refractivity (Wildman–Crippen MR) is 155 cm³/mol. The van der Waals surface area contributed by atoms with Crippen LogP contribution in [0.2, 0.25) is 0 Å². The van der Waals surface area contributed by atoms with Crippen LogP contribution in [0.15, 0.2) is 74.2 Å². The molecule has 0 aliphatic carbocycles. The van der Waals surface area contributed by atoms with Crippen molar-refractivity contribution in [2.45, 2.75) is 26.5 Å². The number of carbonyl (C=O) groups is 3. The summed E-state index contributed by atoms with van der Waals surface area (Å²) in [5, 5.41) is 2.60. The molecule has 1 N–H and O–H groups in total. The third-order valence-corrected chi connectivity index (χ3v) is 7.07. The van der Waals surface area contributed by atoms with Crippen molar-refractivity contribution in [1.29, 1.82) is 0 Å². The van der Waals surface area contributed by atoms with Crippen LogP contribution in [-0.2, 0) is 29.1 Å². The molecule has 0 unspecified atom stereocenters. The number of benzene rings is 2. The number of allylic oxidation sites excluding steroid dienone is 1. The molecule has 1 aliphatic rings. The highest BCUT2D eigenvalue weighted by Gasteiger charge is 2.34. The number of esters is 1. The van der Waals surface area contributed by atoms with E-state index in [9.17, 15) is 14.4 Å². The summed E-state index contributed by atoms with van der Waals surface area (Å²) in [5.41, 5.74) is 2.48. The summed E-state index contributed by atoms with van der Waals surface area (Å²) in [4.78, 5) is 38.3. The summed E-state index contributed by atoms with van der Waals surface area (Å²) in [7, 11) is 1.23. The van der Waals surface area contributed by atoms with Gasteiger partial charge in [0, 0.05) is 20.1 Å². The van der Waals surface area contributed by atoms with E-state index in [4.69, 9.17) is 13.9 Å². The standard InChI is InChI=1S/C29H26Br2N2O7/c1-4-6-18-11-17(13-25(38-5-2)26(18)39-16-19-7-8-20(30)14-22(19)31)12-23-27(34)33(29(36)32-23)15-21-9-10-24(40-21)28(35)37-3/h4,7-14H,1,5-6,15-16H2,2-3H3,(H,32,36)/b23-12-. The van der Waals surface area contributed by atoms with E-state index >= 15 is 0 Å². The molecule has 4 rings (SSSR count). The van der Waals surface area contributed by atoms with Crippen LogP contribution in [0.25, 0.3) is 6.08 Å². The van der Waals surface area contributed by atoms with Crippen molar-refractivity contribution in [3.05, 3.63) is 98.0 Å². The van der Waals surface area contributed by atoms with Gasteiger partial charge in [-0.1, -0.05) is 44.0 Å². The van der Waals surface area contributed by atoms with Crippen molar-refractivity contribution in [3.63, 3.8) is 0 Å². The van der Waals surface area contributed by atoms with Crippen LogP contribution in [0.1, 0.15) is 39.9 Å². The van der Waals surface area contributed by atoms with Crippen LogP contribution >= 0.6 is 31.9 Å². The van der Waals surface area contributed by atoms with Crippen molar-refractivity contribution >= 4 is 55.8 Å². The third-order valence-electron chi connectivity index (χ3n) is 5.84. The third kappa shape index (κ3) is 6.65. The average molecular weight is 674 g/mol. The fourth-order valence-corrected chi connectivity index (χ4v) is 5.16. The molecule has 1 aliphatic heterocycles. The van der Waals surface area contributed by atoms with Crippen molar-refractivity contribution in [1.82, 2.24) is 10.2 Å². The minimum absolute atomic E-state index is 0.0201. The van der Waals surface area contributed by atoms with E-state index in [-0.39, 0.29) is 23.8 Å². The van der Waals surface area contributed by atoms with Crippen LogP contribution in [0.4, 0.5) is 4.79 Å². The Kier molecular flexibility index (Phi) is 9.49. The number of imide groups is 1. The smallest absolute Gasteiger partial charge is 0.373 e. The van der Waals surface area contributed by atoms with E-state index in [2.05, 4.69) is 48.5 Å². The molecule has 3 amide bonds. The summed E-state index contributed by atoms with van der Waals surface area (Å²) < 4.78 is 24.0. The Bertz CT molecular complexity index is 1500. The summed E-state index contributed by atoms with van der Waals surface area (Å²) >= 11 is 7.02. The first-order valence-corrected chi connectivity index (χ1v) is 13.8. The van der Waals surface area contributed by atoms with Crippen LogP contribution < -0.4 is 14.8 Å². The molecule has 9 nitrogen and oxygen atoms in total. The Labute approximate surface area is 248 Å². The van der Waals surface area contributed by atoms with Gasteiger partial charge in [-0.3, -0.25) is 9.69 Å². The molecule has 40 heavy (non-hydrogen) atoms. The zero-order chi connectivity index (χ0) is 28.8. The van der Waals surface area contributed by atoms with Gasteiger partial charge in [-0.15, -0.1) is 6.58 Å². The van der Waals surface area contributed by atoms with Gasteiger partial charge in [0.05, 0.1) is 20.3 Å². The molecule has 0 saturated carbocycles. The summed E-state index contributed by atoms with van der Waals surface area (Å²) in [6, 6.07) is 11.8. The number of halogens is 2. The fraction of sp³-hybridized carbons (Fsp3) is 0.207. The molecule has 208 valence electrons. The molecule has 3 aromatic rings. The molecule has 1 saturated heterocycles. The monoisotopic (exact) mass is 672 g/mol. The van der Waals surface area contributed by atoms with Crippen LogP contribution in [0.3, 0.4) is 0 Å². The van der Waals surface area contributed by atoms with Crippen molar-refractivity contribution in [3.8, 4) is 11.5 Å². The maximum Gasteiger partial charge on any atom is 0.373 e. The lowest BCUT2D eigenvalue weighted by atomic mass is 10.0. The highest BCUT2D eigenvalue weighted by atomic mass is 79.9. The number of rotatable bonds is 11. The number of furan rings is 1. The molecule has 0 radical (unpaired) electrons. The van der Waals surface area contributed by atoms with E-state index in [0.717, 1.165) is 25.0 Å². The van der Waals surface area contributed by atoms with Gasteiger partial charge in [0.1, 0.15) is 18.1 Å². The number of urea groups is 1. The van der Waals surface area contributed by atoms with Crippen molar-refractivity contribution < 1.29 is 33.0 Å². The molecular weight excluding hydrogens is 648 g/mol. The van der Waals surface area contributed by atoms with Crippen molar-refractivity contribution in [2.24, 2.45) is 0 Å². The second-order valence-electron chi connectivity index (χ2n) is 8.59. The number of nitrogens with one attached hydrogen (secondary N) is 1. The first-order chi connectivity index (χ1) is 19.2. The van der Waals surface area contributed by atoms with Gasteiger partial charge >= 0.3 is 12.0 Å². The number of hydrogen-bond acceptors (Lipinski definition) is 7. The Morgan fingerprint density at radius 3 is 2.60 bits per heavy atom. The maximum atomic E-state index is 13.1. The van der Waals surface area contributed by atoms with Gasteiger partial charge in [0.25, 0.3) is 5.91 Å².